The largest absolute Gasteiger partial charge is 0.338 e. The van der Waals surface area contributed by atoms with E-state index in [2.05, 4.69) is 34.7 Å². The van der Waals surface area contributed by atoms with Crippen LogP contribution in [0.15, 0.2) is 48.8 Å². The zero-order valence-electron chi connectivity index (χ0n) is 19.8. The van der Waals surface area contributed by atoms with E-state index < -0.39 is 28.9 Å². The van der Waals surface area contributed by atoms with E-state index in [9.17, 15) is 22.8 Å². The molecule has 1 saturated heterocycles. The van der Waals surface area contributed by atoms with Crippen LogP contribution in [0.3, 0.4) is 0 Å². The number of aromatic nitrogens is 2. The van der Waals surface area contributed by atoms with Gasteiger partial charge in [-0.3, -0.25) is 14.3 Å². The van der Waals surface area contributed by atoms with Crippen molar-refractivity contribution in [1.82, 2.24) is 14.7 Å². The van der Waals surface area contributed by atoms with Gasteiger partial charge in [-0.1, -0.05) is 29.8 Å². The molecule has 1 fully saturated rings. The van der Waals surface area contributed by atoms with Gasteiger partial charge in [0.2, 0.25) is 5.91 Å². The predicted octanol–water partition coefficient (Wildman–Crippen LogP) is 5.35. The molecule has 10 heteroatoms. The Kier molecular flexibility index (Phi) is 8.35. The summed E-state index contributed by atoms with van der Waals surface area (Å²) >= 11 is 1.70. The highest BCUT2D eigenvalue weighted by atomic mass is 32.2. The van der Waals surface area contributed by atoms with E-state index in [-0.39, 0.29) is 11.9 Å². The fourth-order valence-electron chi connectivity index (χ4n) is 4.08. The van der Waals surface area contributed by atoms with Crippen LogP contribution in [0.4, 0.5) is 18.9 Å². The molecule has 1 N–H and O–H groups in total. The summed E-state index contributed by atoms with van der Waals surface area (Å²) in [6.07, 6.45) is 4.80. The molecule has 3 aromatic rings. The van der Waals surface area contributed by atoms with E-state index in [1.807, 2.05) is 6.92 Å². The Labute approximate surface area is 211 Å². The molecule has 0 atom stereocenters. The van der Waals surface area contributed by atoms with Gasteiger partial charge in [0.05, 0.1) is 23.5 Å². The van der Waals surface area contributed by atoms with E-state index in [1.54, 1.807) is 28.8 Å². The van der Waals surface area contributed by atoms with Gasteiger partial charge in [-0.25, -0.2) is 13.2 Å². The number of halogens is 3. The van der Waals surface area contributed by atoms with Crippen molar-refractivity contribution in [3.8, 4) is 0 Å². The molecule has 0 spiro atoms. The van der Waals surface area contributed by atoms with Crippen molar-refractivity contribution in [1.29, 1.82) is 0 Å². The Morgan fingerprint density at radius 2 is 1.83 bits per heavy atom. The summed E-state index contributed by atoms with van der Waals surface area (Å²) in [7, 11) is 0. The molecule has 0 radical (unpaired) electrons. The van der Waals surface area contributed by atoms with Gasteiger partial charge in [0.1, 0.15) is 5.82 Å². The molecule has 6 nitrogen and oxygen atoms in total. The molecule has 2 amide bonds. The Morgan fingerprint density at radius 1 is 1.11 bits per heavy atom. The standard InChI is InChI=1S/C26H27F3N4O2S/c1-17-2-4-18(5-3-17)16-36-11-8-24(34)31-20-14-30-33(15-20)21-6-9-32(10-7-21)26(35)22-12-19(27)13-23(28)25(22)29/h2-5,12-15,21H,6-11,16H2,1H3,(H,31,34). The van der Waals surface area contributed by atoms with Gasteiger partial charge in [-0.2, -0.15) is 16.9 Å². The molecule has 1 aromatic heterocycles. The fourth-order valence-corrected chi connectivity index (χ4v) is 4.98. The van der Waals surface area contributed by atoms with E-state index in [4.69, 9.17) is 0 Å². The first-order valence-corrected chi connectivity index (χ1v) is 12.9. The number of hydrogen-bond donors (Lipinski definition) is 1. The van der Waals surface area contributed by atoms with Crippen LogP contribution in [-0.4, -0.2) is 45.3 Å². The molecule has 0 saturated carbocycles. The summed E-state index contributed by atoms with van der Waals surface area (Å²) < 4.78 is 42.7. The van der Waals surface area contributed by atoms with E-state index in [1.165, 1.54) is 16.0 Å². The topological polar surface area (TPSA) is 67.2 Å². The van der Waals surface area contributed by atoms with Gasteiger partial charge >= 0.3 is 0 Å². The average Bonchev–Trinajstić information content (AvgIpc) is 3.33. The Morgan fingerprint density at radius 3 is 2.56 bits per heavy atom. The number of piperidine rings is 1. The number of thioether (sulfide) groups is 1. The minimum atomic E-state index is -1.38. The molecule has 2 aromatic carbocycles. The molecule has 0 unspecified atom stereocenters. The van der Waals surface area contributed by atoms with Crippen LogP contribution in [0.25, 0.3) is 0 Å². The smallest absolute Gasteiger partial charge is 0.257 e. The zero-order valence-corrected chi connectivity index (χ0v) is 20.7. The van der Waals surface area contributed by atoms with Crippen LogP contribution in [-0.2, 0) is 10.5 Å². The number of carbonyl (C=O) groups is 2. The number of likely N-dealkylation sites (tertiary alicyclic amines) is 1. The second kappa shape index (κ2) is 11.6. The molecule has 0 bridgehead atoms. The number of rotatable bonds is 8. The Balaban J connectivity index is 1.22. The van der Waals surface area contributed by atoms with Crippen molar-refractivity contribution in [2.24, 2.45) is 0 Å². The minimum Gasteiger partial charge on any atom is -0.338 e. The monoisotopic (exact) mass is 516 g/mol. The quantitative estimate of drug-likeness (QED) is 0.324. The third-order valence-corrected chi connectivity index (χ3v) is 7.13. The lowest BCUT2D eigenvalue weighted by Crippen LogP contribution is -2.39. The maximum atomic E-state index is 14.0. The van der Waals surface area contributed by atoms with E-state index >= 15 is 0 Å². The fraction of sp³-hybridized carbons (Fsp3) is 0.346. The summed E-state index contributed by atoms with van der Waals surface area (Å²) in [5.74, 6) is -2.99. The first-order valence-electron chi connectivity index (χ1n) is 11.7. The average molecular weight is 517 g/mol. The number of carbonyl (C=O) groups excluding carboxylic acids is 2. The van der Waals surface area contributed by atoms with Crippen molar-refractivity contribution in [2.45, 2.75) is 38.0 Å². The van der Waals surface area contributed by atoms with E-state index in [0.29, 0.717) is 49.9 Å². The lowest BCUT2D eigenvalue weighted by Gasteiger charge is -2.32. The summed E-state index contributed by atoms with van der Waals surface area (Å²) in [6.45, 7) is 2.63. The van der Waals surface area contributed by atoms with Crippen LogP contribution in [0.5, 0.6) is 0 Å². The van der Waals surface area contributed by atoms with Crippen molar-refractivity contribution < 1.29 is 22.8 Å². The number of anilines is 1. The molecule has 1 aliphatic heterocycles. The van der Waals surface area contributed by atoms with Crippen LogP contribution < -0.4 is 5.32 Å². The summed E-state index contributed by atoms with van der Waals surface area (Å²) in [5.41, 5.74) is 2.44. The molecule has 0 aliphatic carbocycles. The number of amides is 2. The highest BCUT2D eigenvalue weighted by molar-refractivity contribution is 7.98. The molecule has 1 aliphatic rings. The van der Waals surface area contributed by atoms with Crippen molar-refractivity contribution in [3.63, 3.8) is 0 Å². The van der Waals surface area contributed by atoms with E-state index in [0.717, 1.165) is 11.8 Å². The summed E-state index contributed by atoms with van der Waals surface area (Å²) in [5, 5.41) is 7.20. The third kappa shape index (κ3) is 6.48. The van der Waals surface area contributed by atoms with Gasteiger partial charge in [0, 0.05) is 43.3 Å². The normalized spacial score (nSPS) is 14.2. The molecule has 36 heavy (non-hydrogen) atoms. The lowest BCUT2D eigenvalue weighted by atomic mass is 10.0. The first kappa shape index (κ1) is 25.8. The molecular weight excluding hydrogens is 489 g/mol. The number of nitrogens with one attached hydrogen (secondary N) is 1. The van der Waals surface area contributed by atoms with Crippen LogP contribution >= 0.6 is 11.8 Å². The number of benzene rings is 2. The lowest BCUT2D eigenvalue weighted by molar-refractivity contribution is -0.115. The number of hydrogen-bond acceptors (Lipinski definition) is 4. The van der Waals surface area contributed by atoms with Crippen LogP contribution in [0, 0.1) is 24.4 Å². The Hall–Kier alpha value is -3.27. The van der Waals surface area contributed by atoms with Gasteiger partial charge in [0.15, 0.2) is 11.6 Å². The molecule has 2 heterocycles. The van der Waals surface area contributed by atoms with Gasteiger partial charge in [0.25, 0.3) is 5.91 Å². The minimum absolute atomic E-state index is 0.0149. The van der Waals surface area contributed by atoms with Crippen LogP contribution in [0.1, 0.15) is 46.8 Å². The van der Waals surface area contributed by atoms with Crippen molar-refractivity contribution in [2.75, 3.05) is 24.2 Å². The zero-order chi connectivity index (χ0) is 25.7. The van der Waals surface area contributed by atoms with Gasteiger partial charge < -0.3 is 10.2 Å². The van der Waals surface area contributed by atoms with Crippen LogP contribution in [0.2, 0.25) is 0 Å². The second-order valence-corrected chi connectivity index (χ2v) is 9.92. The maximum absolute atomic E-state index is 14.0. The predicted molar refractivity (Wildman–Crippen MR) is 133 cm³/mol. The summed E-state index contributed by atoms with van der Waals surface area (Å²) in [6, 6.07) is 9.46. The molecule has 190 valence electrons. The van der Waals surface area contributed by atoms with Gasteiger partial charge in [-0.15, -0.1) is 0 Å². The maximum Gasteiger partial charge on any atom is 0.257 e. The van der Waals surface area contributed by atoms with Gasteiger partial charge in [-0.05, 0) is 31.4 Å². The summed E-state index contributed by atoms with van der Waals surface area (Å²) in [4.78, 5) is 26.3. The highest BCUT2D eigenvalue weighted by Gasteiger charge is 2.28. The third-order valence-electron chi connectivity index (χ3n) is 6.10. The number of aryl methyl sites for hydroxylation is 1. The first-order chi connectivity index (χ1) is 17.3. The number of nitrogens with zero attached hydrogens (tertiary/aromatic N) is 3. The SMILES string of the molecule is Cc1ccc(CSCCC(=O)Nc2cnn(C3CCN(C(=O)c4cc(F)cc(F)c4F)CC3)c2)cc1. The highest BCUT2D eigenvalue weighted by Crippen LogP contribution is 2.25. The van der Waals surface area contributed by atoms with Crippen molar-refractivity contribution >= 4 is 29.3 Å². The molecular formula is C26H27F3N4O2S. The second-order valence-electron chi connectivity index (χ2n) is 8.82. The Bertz CT molecular complexity index is 1220. The molecule has 4 rings (SSSR count). The van der Waals surface area contributed by atoms with Crippen molar-refractivity contribution in [3.05, 3.63) is 82.9 Å².